The van der Waals surface area contributed by atoms with E-state index >= 15 is 0 Å². The van der Waals surface area contributed by atoms with Crippen LogP contribution < -0.4 is 0 Å². The average molecular weight is 224 g/mol. The minimum atomic E-state index is 0.183. The molecule has 0 saturated carbocycles. The predicted molar refractivity (Wildman–Crippen MR) is 65.3 cm³/mol. The van der Waals surface area contributed by atoms with Gasteiger partial charge in [-0.1, -0.05) is 0 Å². The summed E-state index contributed by atoms with van der Waals surface area (Å²) in [6.07, 6.45) is 2.95. The van der Waals surface area contributed by atoms with Gasteiger partial charge in [-0.3, -0.25) is 9.69 Å². The van der Waals surface area contributed by atoms with Gasteiger partial charge in [0.25, 0.3) is 0 Å². The van der Waals surface area contributed by atoms with Crippen molar-refractivity contribution in [3.63, 3.8) is 0 Å². The number of carbonyl (C=O) groups excluding carboxylic acids is 1. The molecular formula is C13H24N2O. The van der Waals surface area contributed by atoms with Crippen molar-refractivity contribution in [2.45, 2.75) is 64.1 Å². The SMILES string of the molecule is CN1C(C)(C)CC(N2CCC2=O)CC1(C)C. The van der Waals surface area contributed by atoms with E-state index in [-0.39, 0.29) is 11.1 Å². The van der Waals surface area contributed by atoms with Gasteiger partial charge in [-0.25, -0.2) is 0 Å². The fraction of sp³-hybridized carbons (Fsp3) is 0.923. The van der Waals surface area contributed by atoms with Crippen LogP contribution in [0.5, 0.6) is 0 Å². The summed E-state index contributed by atoms with van der Waals surface area (Å²) < 4.78 is 0. The molecule has 0 radical (unpaired) electrons. The lowest BCUT2D eigenvalue weighted by atomic mass is 9.76. The molecule has 3 nitrogen and oxygen atoms in total. The maximum Gasteiger partial charge on any atom is 0.224 e. The number of amides is 1. The highest BCUT2D eigenvalue weighted by Gasteiger charge is 2.46. The lowest BCUT2D eigenvalue weighted by Gasteiger charge is -2.56. The van der Waals surface area contributed by atoms with Crippen molar-refractivity contribution in [2.24, 2.45) is 0 Å². The van der Waals surface area contributed by atoms with E-state index in [4.69, 9.17) is 0 Å². The second-order valence-electron chi connectivity index (χ2n) is 6.58. The van der Waals surface area contributed by atoms with Crippen LogP contribution in [-0.4, -0.2) is 46.4 Å². The average Bonchev–Trinajstić information content (AvgIpc) is 2.11. The first kappa shape index (κ1) is 11.9. The third kappa shape index (κ3) is 1.75. The molecule has 2 aliphatic rings. The maximum absolute atomic E-state index is 11.5. The van der Waals surface area contributed by atoms with Crippen LogP contribution in [0, 0.1) is 0 Å². The molecule has 0 aromatic carbocycles. The number of hydrogen-bond donors (Lipinski definition) is 0. The molecule has 16 heavy (non-hydrogen) atoms. The van der Waals surface area contributed by atoms with Crippen LogP contribution >= 0.6 is 0 Å². The van der Waals surface area contributed by atoms with Gasteiger partial charge >= 0.3 is 0 Å². The molecule has 2 saturated heterocycles. The first-order chi connectivity index (χ1) is 7.24. The number of nitrogens with zero attached hydrogens (tertiary/aromatic N) is 2. The molecule has 2 heterocycles. The van der Waals surface area contributed by atoms with Gasteiger partial charge in [0, 0.05) is 30.1 Å². The van der Waals surface area contributed by atoms with E-state index < -0.39 is 0 Å². The fourth-order valence-electron chi connectivity index (χ4n) is 3.26. The normalized spacial score (nSPS) is 30.3. The molecule has 0 aromatic rings. The van der Waals surface area contributed by atoms with Gasteiger partial charge in [0.15, 0.2) is 0 Å². The van der Waals surface area contributed by atoms with Crippen molar-refractivity contribution in [2.75, 3.05) is 13.6 Å². The summed E-state index contributed by atoms with van der Waals surface area (Å²) in [5.41, 5.74) is 0.366. The van der Waals surface area contributed by atoms with Gasteiger partial charge in [-0.15, -0.1) is 0 Å². The standard InChI is InChI=1S/C13H24N2O/c1-12(2)8-10(15-7-6-11(15)16)9-13(3,4)14(12)5/h10H,6-9H2,1-5H3. The Hall–Kier alpha value is -0.570. The van der Waals surface area contributed by atoms with Gasteiger partial charge in [0.1, 0.15) is 0 Å². The summed E-state index contributed by atoms with van der Waals surface area (Å²) >= 11 is 0. The maximum atomic E-state index is 11.5. The predicted octanol–water partition coefficient (Wildman–Crippen LogP) is 1.87. The highest BCUT2D eigenvalue weighted by atomic mass is 16.2. The smallest absolute Gasteiger partial charge is 0.224 e. The van der Waals surface area contributed by atoms with Gasteiger partial charge in [-0.2, -0.15) is 0 Å². The van der Waals surface area contributed by atoms with E-state index in [0.29, 0.717) is 11.9 Å². The Bertz CT molecular complexity index is 291. The van der Waals surface area contributed by atoms with Gasteiger partial charge < -0.3 is 4.90 Å². The monoisotopic (exact) mass is 224 g/mol. The van der Waals surface area contributed by atoms with Crippen molar-refractivity contribution >= 4 is 5.91 Å². The number of piperidine rings is 1. The Labute approximate surface area is 98.8 Å². The third-order valence-electron chi connectivity index (χ3n) is 4.61. The molecule has 0 bridgehead atoms. The lowest BCUT2D eigenvalue weighted by Crippen LogP contribution is -2.65. The molecule has 3 heteroatoms. The molecular weight excluding hydrogens is 200 g/mol. The van der Waals surface area contributed by atoms with E-state index in [0.717, 1.165) is 25.8 Å². The third-order valence-corrected chi connectivity index (χ3v) is 4.61. The van der Waals surface area contributed by atoms with Crippen LogP contribution in [0.2, 0.25) is 0 Å². The highest BCUT2D eigenvalue weighted by Crippen LogP contribution is 2.40. The molecule has 0 aliphatic carbocycles. The van der Waals surface area contributed by atoms with Gasteiger partial charge in [-0.05, 0) is 47.6 Å². The summed E-state index contributed by atoms with van der Waals surface area (Å²) in [5.74, 6) is 0.348. The molecule has 2 rings (SSSR count). The summed E-state index contributed by atoms with van der Waals surface area (Å²) in [7, 11) is 2.20. The Kier molecular flexibility index (Phi) is 2.57. The van der Waals surface area contributed by atoms with Crippen LogP contribution in [0.1, 0.15) is 47.0 Å². The highest BCUT2D eigenvalue weighted by molar-refractivity contribution is 5.82. The second-order valence-corrected chi connectivity index (χ2v) is 6.58. The summed E-state index contributed by atoms with van der Waals surface area (Å²) in [6.45, 7) is 10.1. The molecule has 0 atom stereocenters. The van der Waals surface area contributed by atoms with E-state index in [1.54, 1.807) is 0 Å². The summed E-state index contributed by atoms with van der Waals surface area (Å²) in [6, 6.07) is 0.447. The fourth-order valence-corrected chi connectivity index (χ4v) is 3.26. The number of carbonyl (C=O) groups is 1. The van der Waals surface area contributed by atoms with Crippen molar-refractivity contribution in [3.05, 3.63) is 0 Å². The molecule has 92 valence electrons. The lowest BCUT2D eigenvalue weighted by molar-refractivity contribution is -0.148. The molecule has 2 fully saturated rings. The first-order valence-corrected chi connectivity index (χ1v) is 6.27. The van der Waals surface area contributed by atoms with Gasteiger partial charge in [0.05, 0.1) is 0 Å². The van der Waals surface area contributed by atoms with Gasteiger partial charge in [0.2, 0.25) is 5.91 Å². The molecule has 2 aliphatic heterocycles. The molecule has 0 unspecified atom stereocenters. The first-order valence-electron chi connectivity index (χ1n) is 6.27. The summed E-state index contributed by atoms with van der Waals surface area (Å²) in [4.78, 5) is 16.1. The summed E-state index contributed by atoms with van der Waals surface area (Å²) in [5, 5.41) is 0. The number of rotatable bonds is 1. The zero-order valence-corrected chi connectivity index (χ0v) is 11.2. The topological polar surface area (TPSA) is 23.6 Å². The van der Waals surface area contributed by atoms with Crippen LogP contribution in [0.4, 0.5) is 0 Å². The molecule has 1 amide bonds. The van der Waals surface area contributed by atoms with E-state index in [1.807, 2.05) is 0 Å². The van der Waals surface area contributed by atoms with Crippen LogP contribution in [0.3, 0.4) is 0 Å². The Morgan fingerprint density at radius 3 is 1.94 bits per heavy atom. The largest absolute Gasteiger partial charge is 0.339 e. The van der Waals surface area contributed by atoms with Crippen LogP contribution in [0.15, 0.2) is 0 Å². The molecule has 0 spiro atoms. The number of likely N-dealkylation sites (tertiary alicyclic amines) is 2. The van der Waals surface area contributed by atoms with Crippen molar-refractivity contribution in [1.29, 1.82) is 0 Å². The Morgan fingerprint density at radius 2 is 1.62 bits per heavy atom. The van der Waals surface area contributed by atoms with Crippen LogP contribution in [0.25, 0.3) is 0 Å². The van der Waals surface area contributed by atoms with Crippen molar-refractivity contribution in [3.8, 4) is 0 Å². The Morgan fingerprint density at radius 1 is 1.12 bits per heavy atom. The minimum absolute atomic E-state index is 0.183. The number of β-lactam (4-membered cyclic amide) rings is 1. The quantitative estimate of drug-likeness (QED) is 0.635. The number of hydrogen-bond acceptors (Lipinski definition) is 2. The zero-order valence-electron chi connectivity index (χ0n) is 11.2. The minimum Gasteiger partial charge on any atom is -0.339 e. The second kappa shape index (κ2) is 3.46. The van der Waals surface area contributed by atoms with E-state index in [1.165, 1.54) is 0 Å². The molecule has 0 N–H and O–H groups in total. The molecule has 0 aromatic heterocycles. The zero-order chi connectivity index (χ0) is 12.1. The Balaban J connectivity index is 2.16. The van der Waals surface area contributed by atoms with Crippen molar-refractivity contribution in [1.82, 2.24) is 9.80 Å². The van der Waals surface area contributed by atoms with E-state index in [2.05, 4.69) is 44.5 Å². The van der Waals surface area contributed by atoms with E-state index in [9.17, 15) is 4.79 Å². The van der Waals surface area contributed by atoms with Crippen LogP contribution in [-0.2, 0) is 4.79 Å². The van der Waals surface area contributed by atoms with Crippen molar-refractivity contribution < 1.29 is 4.79 Å².